The molecule has 0 bridgehead atoms. The lowest BCUT2D eigenvalue weighted by Crippen LogP contribution is -2.14. The Bertz CT molecular complexity index is 1010. The molecule has 3 aromatic rings. The Morgan fingerprint density at radius 1 is 1.16 bits per heavy atom. The van der Waals surface area contributed by atoms with Gasteiger partial charge in [-0.05, 0) is 35.7 Å². The van der Waals surface area contributed by atoms with Crippen molar-refractivity contribution >= 4 is 28.3 Å². The predicted octanol–water partition coefficient (Wildman–Crippen LogP) is 3.48. The molecule has 25 heavy (non-hydrogen) atoms. The highest BCUT2D eigenvalue weighted by atomic mass is 35.5. The van der Waals surface area contributed by atoms with Crippen molar-refractivity contribution in [1.82, 2.24) is 0 Å². The van der Waals surface area contributed by atoms with E-state index in [0.29, 0.717) is 32.7 Å². The molecule has 128 valence electrons. The van der Waals surface area contributed by atoms with Crippen LogP contribution < -0.4 is 5.63 Å². The Balaban J connectivity index is 2.16. The first kappa shape index (κ1) is 17.1. The first-order valence-corrected chi connectivity index (χ1v) is 7.95. The van der Waals surface area contributed by atoms with Gasteiger partial charge in [0.25, 0.3) is 5.69 Å². The number of rotatable bonds is 5. The normalized spacial score (nSPS) is 11.0. The van der Waals surface area contributed by atoms with Gasteiger partial charge in [0.15, 0.2) is 0 Å². The lowest BCUT2D eigenvalue weighted by atomic mass is 9.96. The second kappa shape index (κ2) is 7.04. The van der Waals surface area contributed by atoms with Crippen LogP contribution in [-0.2, 0) is 12.8 Å². The average molecular weight is 360 g/mol. The SMILES string of the molecule is O=c1oc2ccc(Cl)cc2c(CCO)c1Cc1cccc([N+](=O)[O-])c1. The number of aliphatic hydroxyl groups excluding tert-OH is 1. The van der Waals surface area contributed by atoms with E-state index in [9.17, 15) is 20.0 Å². The van der Waals surface area contributed by atoms with Crippen LogP contribution in [-0.4, -0.2) is 16.6 Å². The Kier molecular flexibility index (Phi) is 4.83. The molecule has 6 nitrogen and oxygen atoms in total. The van der Waals surface area contributed by atoms with E-state index in [1.165, 1.54) is 12.1 Å². The number of hydrogen-bond donors (Lipinski definition) is 1. The van der Waals surface area contributed by atoms with Gasteiger partial charge in [0, 0.05) is 41.1 Å². The van der Waals surface area contributed by atoms with Gasteiger partial charge in [-0.15, -0.1) is 0 Å². The third kappa shape index (κ3) is 3.55. The number of aliphatic hydroxyl groups is 1. The van der Waals surface area contributed by atoms with Gasteiger partial charge in [-0.25, -0.2) is 4.79 Å². The molecule has 3 rings (SSSR count). The maximum atomic E-state index is 12.4. The minimum atomic E-state index is -0.523. The van der Waals surface area contributed by atoms with E-state index in [1.807, 2.05) is 0 Å². The highest BCUT2D eigenvalue weighted by Crippen LogP contribution is 2.26. The van der Waals surface area contributed by atoms with Crippen LogP contribution in [0.5, 0.6) is 0 Å². The molecular weight excluding hydrogens is 346 g/mol. The van der Waals surface area contributed by atoms with Crippen molar-refractivity contribution in [3.05, 3.63) is 84.7 Å². The monoisotopic (exact) mass is 359 g/mol. The van der Waals surface area contributed by atoms with Gasteiger partial charge in [0.2, 0.25) is 0 Å². The summed E-state index contributed by atoms with van der Waals surface area (Å²) in [7, 11) is 0. The van der Waals surface area contributed by atoms with Gasteiger partial charge in [-0.3, -0.25) is 10.1 Å². The molecule has 2 aromatic carbocycles. The number of non-ortho nitro benzene ring substituents is 1. The summed E-state index contributed by atoms with van der Waals surface area (Å²) >= 11 is 6.04. The molecule has 0 fully saturated rings. The fourth-order valence-corrected chi connectivity index (χ4v) is 3.01. The van der Waals surface area contributed by atoms with E-state index in [2.05, 4.69) is 0 Å². The van der Waals surface area contributed by atoms with Crippen LogP contribution >= 0.6 is 11.6 Å². The van der Waals surface area contributed by atoms with E-state index in [0.717, 1.165) is 0 Å². The number of benzene rings is 2. The molecular formula is C18H14ClNO5. The molecule has 0 aliphatic carbocycles. The second-order valence-corrected chi connectivity index (χ2v) is 6.00. The molecule has 0 unspecified atom stereocenters. The maximum Gasteiger partial charge on any atom is 0.340 e. The molecule has 0 atom stereocenters. The van der Waals surface area contributed by atoms with Gasteiger partial charge >= 0.3 is 5.63 Å². The number of halogens is 1. The first-order chi connectivity index (χ1) is 12.0. The number of nitro groups is 1. The first-order valence-electron chi connectivity index (χ1n) is 7.58. The smallest absolute Gasteiger partial charge is 0.340 e. The van der Waals surface area contributed by atoms with E-state index >= 15 is 0 Å². The van der Waals surface area contributed by atoms with Gasteiger partial charge < -0.3 is 9.52 Å². The standard InChI is InChI=1S/C18H14ClNO5/c19-12-4-5-17-15(10-12)14(6-7-21)16(18(22)25-17)9-11-2-1-3-13(8-11)20(23)24/h1-5,8,10,21H,6-7,9H2. The molecule has 1 N–H and O–H groups in total. The fraction of sp³-hybridized carbons (Fsp3) is 0.167. The zero-order valence-electron chi connectivity index (χ0n) is 13.1. The largest absolute Gasteiger partial charge is 0.423 e. The molecule has 0 radical (unpaired) electrons. The van der Waals surface area contributed by atoms with Crippen LogP contribution in [0.15, 0.2) is 51.7 Å². The third-order valence-electron chi connectivity index (χ3n) is 3.94. The van der Waals surface area contributed by atoms with Crippen LogP contribution in [0.4, 0.5) is 5.69 Å². The summed E-state index contributed by atoms with van der Waals surface area (Å²) in [6.07, 6.45) is 0.425. The predicted molar refractivity (Wildman–Crippen MR) is 94.2 cm³/mol. The molecule has 0 saturated carbocycles. The minimum Gasteiger partial charge on any atom is -0.423 e. The summed E-state index contributed by atoms with van der Waals surface area (Å²) < 4.78 is 5.35. The van der Waals surface area contributed by atoms with Crippen molar-refractivity contribution < 1.29 is 14.4 Å². The number of fused-ring (bicyclic) bond motifs is 1. The summed E-state index contributed by atoms with van der Waals surface area (Å²) in [4.78, 5) is 22.9. The van der Waals surface area contributed by atoms with Crippen molar-refractivity contribution in [1.29, 1.82) is 0 Å². The summed E-state index contributed by atoms with van der Waals surface area (Å²) in [5.41, 5.74) is 1.44. The summed E-state index contributed by atoms with van der Waals surface area (Å²) in [6.45, 7) is -0.146. The quantitative estimate of drug-likeness (QED) is 0.427. The van der Waals surface area contributed by atoms with Crippen LogP contribution in [0.2, 0.25) is 5.02 Å². The Morgan fingerprint density at radius 3 is 2.68 bits per heavy atom. The van der Waals surface area contributed by atoms with Crippen LogP contribution in [0.1, 0.15) is 16.7 Å². The van der Waals surface area contributed by atoms with Gasteiger partial charge in [-0.1, -0.05) is 23.7 Å². The summed E-state index contributed by atoms with van der Waals surface area (Å²) in [5.74, 6) is 0. The third-order valence-corrected chi connectivity index (χ3v) is 4.18. The average Bonchev–Trinajstić information content (AvgIpc) is 2.59. The summed E-state index contributed by atoms with van der Waals surface area (Å²) in [6, 6.07) is 11.0. The lowest BCUT2D eigenvalue weighted by Gasteiger charge is -2.11. The zero-order chi connectivity index (χ0) is 18.0. The van der Waals surface area contributed by atoms with Crippen LogP contribution in [0.3, 0.4) is 0 Å². The number of hydrogen-bond acceptors (Lipinski definition) is 5. The zero-order valence-corrected chi connectivity index (χ0v) is 13.8. The van der Waals surface area contributed by atoms with Crippen LogP contribution in [0, 0.1) is 10.1 Å². The van der Waals surface area contributed by atoms with Crippen LogP contribution in [0.25, 0.3) is 11.0 Å². The van der Waals surface area contributed by atoms with Gasteiger partial charge in [-0.2, -0.15) is 0 Å². The van der Waals surface area contributed by atoms with E-state index in [-0.39, 0.29) is 25.1 Å². The van der Waals surface area contributed by atoms with Crippen molar-refractivity contribution in [3.63, 3.8) is 0 Å². The van der Waals surface area contributed by atoms with Crippen molar-refractivity contribution in [2.45, 2.75) is 12.8 Å². The number of nitrogens with zero attached hydrogens (tertiary/aromatic N) is 1. The van der Waals surface area contributed by atoms with Gasteiger partial charge in [0.05, 0.1) is 4.92 Å². The second-order valence-electron chi connectivity index (χ2n) is 5.56. The van der Waals surface area contributed by atoms with Crippen molar-refractivity contribution in [2.24, 2.45) is 0 Å². The molecule has 7 heteroatoms. The summed E-state index contributed by atoms with van der Waals surface area (Å²) in [5, 5.41) is 21.5. The van der Waals surface area contributed by atoms with Gasteiger partial charge in [0.1, 0.15) is 5.58 Å². The topological polar surface area (TPSA) is 93.6 Å². The minimum absolute atomic E-state index is 0.0468. The van der Waals surface area contributed by atoms with Crippen molar-refractivity contribution in [3.8, 4) is 0 Å². The van der Waals surface area contributed by atoms with E-state index < -0.39 is 10.5 Å². The fourth-order valence-electron chi connectivity index (χ4n) is 2.83. The molecule has 1 aromatic heterocycles. The maximum absolute atomic E-state index is 12.4. The number of nitro benzene ring substituents is 1. The Labute approximate surface area is 147 Å². The van der Waals surface area contributed by atoms with E-state index in [4.69, 9.17) is 16.0 Å². The Hall–Kier alpha value is -2.70. The molecule has 0 amide bonds. The van der Waals surface area contributed by atoms with E-state index in [1.54, 1.807) is 30.3 Å². The Morgan fingerprint density at radius 2 is 1.96 bits per heavy atom. The molecule has 1 heterocycles. The molecule has 0 spiro atoms. The molecule has 0 aliphatic rings. The lowest BCUT2D eigenvalue weighted by molar-refractivity contribution is -0.384. The molecule has 0 aliphatic heterocycles. The molecule has 0 saturated heterocycles. The highest BCUT2D eigenvalue weighted by Gasteiger charge is 2.16. The van der Waals surface area contributed by atoms with Crippen molar-refractivity contribution in [2.75, 3.05) is 6.61 Å². The highest BCUT2D eigenvalue weighted by molar-refractivity contribution is 6.31.